The second kappa shape index (κ2) is 16.1. The van der Waals surface area contributed by atoms with Crippen molar-refractivity contribution in [2.24, 2.45) is 0 Å². The first kappa shape index (κ1) is 24.6. The predicted molar refractivity (Wildman–Crippen MR) is 128 cm³/mol. The maximum Gasteiger partial charge on any atom is 0.294 e. The molecule has 0 spiro atoms. The van der Waals surface area contributed by atoms with E-state index in [4.69, 9.17) is 9.47 Å². The highest BCUT2D eigenvalue weighted by molar-refractivity contribution is 7.16. The molecule has 0 bridgehead atoms. The monoisotopic (exact) mass is 432 g/mol. The molecule has 2 aromatic rings. The van der Waals surface area contributed by atoms with Gasteiger partial charge in [-0.05, 0) is 37.1 Å². The molecule has 30 heavy (non-hydrogen) atoms. The Bertz CT molecular complexity index is 657. The number of nitrogens with zero attached hydrogens (tertiary/aromatic N) is 2. The SMILES string of the molecule is CCCCCCCCCOc1nnc(-c2ccc(OCCCCCCCC)cc2)s1. The first-order valence-electron chi connectivity index (χ1n) is 12.0. The summed E-state index contributed by atoms with van der Waals surface area (Å²) >= 11 is 1.51. The number of hydrogen-bond donors (Lipinski definition) is 0. The van der Waals surface area contributed by atoms with Crippen molar-refractivity contribution in [2.45, 2.75) is 97.3 Å². The highest BCUT2D eigenvalue weighted by Crippen LogP contribution is 2.29. The van der Waals surface area contributed by atoms with E-state index in [0.717, 1.165) is 42.4 Å². The molecule has 0 fully saturated rings. The van der Waals surface area contributed by atoms with E-state index in [9.17, 15) is 0 Å². The van der Waals surface area contributed by atoms with Gasteiger partial charge in [-0.2, -0.15) is 0 Å². The van der Waals surface area contributed by atoms with Crippen LogP contribution in [0.25, 0.3) is 10.6 Å². The molecule has 0 radical (unpaired) electrons. The van der Waals surface area contributed by atoms with Gasteiger partial charge in [0.05, 0.1) is 13.2 Å². The largest absolute Gasteiger partial charge is 0.494 e. The average Bonchev–Trinajstić information content (AvgIpc) is 3.24. The van der Waals surface area contributed by atoms with Gasteiger partial charge in [-0.15, -0.1) is 5.10 Å². The summed E-state index contributed by atoms with van der Waals surface area (Å²) in [6.45, 7) is 6.03. The molecule has 0 unspecified atom stereocenters. The van der Waals surface area contributed by atoms with Crippen LogP contribution in [0.3, 0.4) is 0 Å². The fraction of sp³-hybridized carbons (Fsp3) is 0.680. The molecule has 0 aliphatic carbocycles. The number of hydrogen-bond acceptors (Lipinski definition) is 5. The lowest BCUT2D eigenvalue weighted by Gasteiger charge is -2.06. The molecule has 1 aromatic carbocycles. The third kappa shape index (κ3) is 10.4. The topological polar surface area (TPSA) is 44.2 Å². The summed E-state index contributed by atoms with van der Waals surface area (Å²) in [5, 5.41) is 10.0. The van der Waals surface area contributed by atoms with Crippen molar-refractivity contribution in [3.8, 4) is 21.5 Å². The molecular weight excluding hydrogens is 392 g/mol. The Morgan fingerprint density at radius 1 is 0.633 bits per heavy atom. The van der Waals surface area contributed by atoms with Crippen LogP contribution in [-0.4, -0.2) is 23.4 Å². The molecule has 168 valence electrons. The molecule has 1 heterocycles. The van der Waals surface area contributed by atoms with Crippen molar-refractivity contribution in [3.05, 3.63) is 24.3 Å². The smallest absolute Gasteiger partial charge is 0.294 e. The summed E-state index contributed by atoms with van der Waals surface area (Å²) in [6, 6.07) is 8.15. The second-order valence-electron chi connectivity index (χ2n) is 7.98. The molecule has 0 aliphatic heterocycles. The number of aromatic nitrogens is 2. The maximum absolute atomic E-state index is 5.86. The zero-order chi connectivity index (χ0) is 21.3. The van der Waals surface area contributed by atoms with Gasteiger partial charge in [-0.1, -0.05) is 101 Å². The van der Waals surface area contributed by atoms with Crippen LogP contribution >= 0.6 is 11.3 Å². The quantitative estimate of drug-likeness (QED) is 0.223. The Hall–Kier alpha value is -1.62. The average molecular weight is 433 g/mol. The molecule has 0 N–H and O–H groups in total. The number of rotatable bonds is 18. The van der Waals surface area contributed by atoms with Crippen LogP contribution in [-0.2, 0) is 0 Å². The van der Waals surface area contributed by atoms with Crippen molar-refractivity contribution in [1.29, 1.82) is 0 Å². The van der Waals surface area contributed by atoms with E-state index in [-0.39, 0.29) is 0 Å². The summed E-state index contributed by atoms with van der Waals surface area (Å²) in [5.41, 5.74) is 1.06. The molecular formula is C25H40N2O2S. The minimum atomic E-state index is 0.666. The van der Waals surface area contributed by atoms with Crippen molar-refractivity contribution in [2.75, 3.05) is 13.2 Å². The minimum Gasteiger partial charge on any atom is -0.494 e. The van der Waals surface area contributed by atoms with E-state index < -0.39 is 0 Å². The van der Waals surface area contributed by atoms with E-state index in [1.165, 1.54) is 82.0 Å². The lowest BCUT2D eigenvalue weighted by molar-refractivity contribution is 0.300. The van der Waals surface area contributed by atoms with Crippen LogP contribution in [0.1, 0.15) is 97.3 Å². The molecule has 0 aliphatic rings. The van der Waals surface area contributed by atoms with Crippen molar-refractivity contribution < 1.29 is 9.47 Å². The van der Waals surface area contributed by atoms with Crippen LogP contribution in [0.5, 0.6) is 10.9 Å². The van der Waals surface area contributed by atoms with Crippen LogP contribution in [0.4, 0.5) is 0 Å². The minimum absolute atomic E-state index is 0.666. The Morgan fingerprint density at radius 3 is 1.77 bits per heavy atom. The lowest BCUT2D eigenvalue weighted by Crippen LogP contribution is -1.97. The fourth-order valence-corrected chi connectivity index (χ4v) is 4.09. The molecule has 4 nitrogen and oxygen atoms in total. The third-order valence-corrected chi connectivity index (χ3v) is 6.13. The van der Waals surface area contributed by atoms with Crippen molar-refractivity contribution in [1.82, 2.24) is 10.2 Å². The van der Waals surface area contributed by atoms with Crippen LogP contribution in [0.2, 0.25) is 0 Å². The number of benzene rings is 1. The van der Waals surface area contributed by atoms with E-state index in [1.54, 1.807) is 0 Å². The van der Waals surface area contributed by atoms with E-state index in [1.807, 2.05) is 12.1 Å². The van der Waals surface area contributed by atoms with Gasteiger partial charge < -0.3 is 9.47 Å². The normalized spacial score (nSPS) is 11.0. The molecule has 2 rings (SSSR count). The van der Waals surface area contributed by atoms with Gasteiger partial charge in [-0.3, -0.25) is 0 Å². The van der Waals surface area contributed by atoms with Gasteiger partial charge in [0.1, 0.15) is 5.75 Å². The van der Waals surface area contributed by atoms with Crippen molar-refractivity contribution >= 4 is 11.3 Å². The van der Waals surface area contributed by atoms with Gasteiger partial charge >= 0.3 is 0 Å². The number of ether oxygens (including phenoxy) is 2. The third-order valence-electron chi connectivity index (χ3n) is 5.25. The maximum atomic E-state index is 5.86. The Kier molecular flexibility index (Phi) is 13.2. The second-order valence-corrected chi connectivity index (χ2v) is 8.92. The van der Waals surface area contributed by atoms with Gasteiger partial charge in [0.2, 0.25) is 0 Å². The van der Waals surface area contributed by atoms with Crippen molar-refractivity contribution in [3.63, 3.8) is 0 Å². The molecule has 0 saturated carbocycles. The molecule has 5 heteroatoms. The highest BCUT2D eigenvalue weighted by atomic mass is 32.1. The first-order chi connectivity index (χ1) is 14.8. The molecule has 0 amide bonds. The summed E-state index contributed by atoms with van der Waals surface area (Å²) in [5.74, 6) is 0.923. The Balaban J connectivity index is 1.61. The standard InChI is InChI=1S/C25H40N2O2S/c1-3-5-7-9-11-13-15-21-29-25-27-26-24(30-25)22-16-18-23(19-17-22)28-20-14-12-10-8-6-4-2/h16-19H,3-15,20-21H2,1-2H3. The Labute approximate surface area is 187 Å². The predicted octanol–water partition coefficient (Wildman–Crippen LogP) is 8.07. The molecule has 0 atom stereocenters. The summed E-state index contributed by atoms with van der Waals surface area (Å²) in [4.78, 5) is 0. The van der Waals surface area contributed by atoms with Gasteiger partial charge in [-0.25, -0.2) is 0 Å². The summed E-state index contributed by atoms with van der Waals surface area (Å²) in [7, 11) is 0. The van der Waals surface area contributed by atoms with Crippen LogP contribution in [0.15, 0.2) is 24.3 Å². The zero-order valence-electron chi connectivity index (χ0n) is 19.0. The zero-order valence-corrected chi connectivity index (χ0v) is 19.9. The number of unbranched alkanes of at least 4 members (excludes halogenated alkanes) is 11. The molecule has 1 aromatic heterocycles. The Morgan fingerprint density at radius 2 is 1.17 bits per heavy atom. The van der Waals surface area contributed by atoms with E-state index >= 15 is 0 Å². The van der Waals surface area contributed by atoms with Gasteiger partial charge in [0, 0.05) is 5.56 Å². The summed E-state index contributed by atoms with van der Waals surface area (Å²) in [6.07, 6.45) is 16.7. The van der Waals surface area contributed by atoms with E-state index in [0.29, 0.717) is 5.19 Å². The summed E-state index contributed by atoms with van der Waals surface area (Å²) < 4.78 is 11.6. The lowest BCUT2D eigenvalue weighted by atomic mass is 10.1. The van der Waals surface area contributed by atoms with Crippen LogP contribution in [0, 0.1) is 0 Å². The van der Waals surface area contributed by atoms with Gasteiger partial charge in [0.25, 0.3) is 5.19 Å². The first-order valence-corrected chi connectivity index (χ1v) is 12.8. The van der Waals surface area contributed by atoms with Gasteiger partial charge in [0.15, 0.2) is 5.01 Å². The van der Waals surface area contributed by atoms with E-state index in [2.05, 4.69) is 36.2 Å². The highest BCUT2D eigenvalue weighted by Gasteiger charge is 2.08. The fourth-order valence-electron chi connectivity index (χ4n) is 3.37. The molecule has 0 saturated heterocycles. The van der Waals surface area contributed by atoms with Crippen LogP contribution < -0.4 is 9.47 Å².